The van der Waals surface area contributed by atoms with Gasteiger partial charge in [-0.1, -0.05) is 6.92 Å². The predicted octanol–water partition coefficient (Wildman–Crippen LogP) is -0.212. The molecule has 0 aliphatic carbocycles. The van der Waals surface area contributed by atoms with Crippen LogP contribution in [0.4, 0.5) is 4.79 Å². The number of carboxylic acid groups (broad SMARTS) is 1. The fourth-order valence-corrected chi connectivity index (χ4v) is 2.52. The summed E-state index contributed by atoms with van der Waals surface area (Å²) in [6, 6.07) is -0.515. The van der Waals surface area contributed by atoms with Gasteiger partial charge in [-0.25, -0.2) is 9.59 Å². The zero-order valence-electron chi connectivity index (χ0n) is 12.5. The molecular weight excluding hydrogens is 278 g/mol. The minimum absolute atomic E-state index is 0.182. The maximum absolute atomic E-state index is 12.1. The van der Waals surface area contributed by atoms with Gasteiger partial charge in [-0.2, -0.15) is 0 Å². The van der Waals surface area contributed by atoms with Crippen LogP contribution in [0, 0.1) is 0 Å². The highest BCUT2D eigenvalue weighted by Crippen LogP contribution is 2.32. The van der Waals surface area contributed by atoms with Crippen molar-refractivity contribution >= 4 is 17.9 Å². The van der Waals surface area contributed by atoms with Crippen molar-refractivity contribution in [1.29, 1.82) is 0 Å². The van der Waals surface area contributed by atoms with Crippen molar-refractivity contribution in [3.05, 3.63) is 0 Å². The molecule has 1 fully saturated rings. The molecule has 1 saturated heterocycles. The maximum atomic E-state index is 12.1. The standard InChI is InChI=1S/C13H23N3O5/c1-3-13(11(18)19)5-4-7-16(13)12(20)15-9-10(17)14-6-8-21-2/h3-9H2,1-2H3,(H,14,17)(H,15,20)(H,18,19). The Kier molecular flexibility index (Phi) is 6.41. The van der Waals surface area contributed by atoms with Crippen LogP contribution in [0.25, 0.3) is 0 Å². The van der Waals surface area contributed by atoms with Crippen LogP contribution in [0.15, 0.2) is 0 Å². The number of nitrogens with one attached hydrogen (secondary N) is 2. The molecule has 8 heteroatoms. The minimum Gasteiger partial charge on any atom is -0.479 e. The van der Waals surface area contributed by atoms with E-state index in [1.54, 1.807) is 6.92 Å². The monoisotopic (exact) mass is 301 g/mol. The van der Waals surface area contributed by atoms with Gasteiger partial charge in [-0.3, -0.25) is 4.79 Å². The van der Waals surface area contributed by atoms with Gasteiger partial charge in [0.05, 0.1) is 13.2 Å². The fourth-order valence-electron chi connectivity index (χ4n) is 2.52. The fraction of sp³-hybridized carbons (Fsp3) is 0.769. The number of carbonyl (C=O) groups is 3. The number of rotatable bonds is 7. The molecular formula is C13H23N3O5. The third-order valence-electron chi connectivity index (χ3n) is 3.75. The van der Waals surface area contributed by atoms with Gasteiger partial charge >= 0.3 is 12.0 Å². The van der Waals surface area contributed by atoms with Crippen molar-refractivity contribution in [1.82, 2.24) is 15.5 Å². The SMILES string of the molecule is CCC1(C(=O)O)CCCN1C(=O)NCC(=O)NCCOC. The van der Waals surface area contributed by atoms with E-state index >= 15 is 0 Å². The van der Waals surface area contributed by atoms with Crippen LogP contribution in [0.2, 0.25) is 0 Å². The summed E-state index contributed by atoms with van der Waals surface area (Å²) in [6.45, 7) is 2.71. The Bertz CT molecular complexity index is 401. The number of likely N-dealkylation sites (tertiary alicyclic amines) is 1. The van der Waals surface area contributed by atoms with Crippen LogP contribution in [0.1, 0.15) is 26.2 Å². The normalized spacial score (nSPS) is 21.1. The molecule has 0 saturated carbocycles. The number of carboxylic acids is 1. The number of urea groups is 1. The van der Waals surface area contributed by atoms with E-state index in [2.05, 4.69) is 10.6 Å². The Hall–Kier alpha value is -1.83. The Labute approximate surface area is 123 Å². The summed E-state index contributed by atoms with van der Waals surface area (Å²) in [5.74, 6) is -1.33. The number of carbonyl (C=O) groups excluding carboxylic acids is 2. The van der Waals surface area contributed by atoms with Crippen molar-refractivity contribution < 1.29 is 24.2 Å². The van der Waals surface area contributed by atoms with Gasteiger partial charge in [0.15, 0.2) is 0 Å². The zero-order valence-corrected chi connectivity index (χ0v) is 12.5. The number of ether oxygens (including phenoxy) is 1. The molecule has 0 aromatic rings. The molecule has 1 rings (SSSR count). The summed E-state index contributed by atoms with van der Waals surface area (Å²) in [5, 5.41) is 14.4. The highest BCUT2D eigenvalue weighted by Gasteiger charge is 2.48. The third kappa shape index (κ3) is 4.07. The second kappa shape index (κ2) is 7.82. The molecule has 1 aliphatic heterocycles. The molecule has 0 radical (unpaired) electrons. The van der Waals surface area contributed by atoms with E-state index in [0.717, 1.165) is 0 Å². The second-order valence-corrected chi connectivity index (χ2v) is 4.95. The van der Waals surface area contributed by atoms with Crippen LogP contribution in [-0.4, -0.2) is 66.8 Å². The first-order chi connectivity index (χ1) is 9.97. The first-order valence-corrected chi connectivity index (χ1v) is 7.02. The molecule has 0 spiro atoms. The van der Waals surface area contributed by atoms with Crippen LogP contribution in [-0.2, 0) is 14.3 Å². The summed E-state index contributed by atoms with van der Waals surface area (Å²) in [7, 11) is 1.53. The van der Waals surface area contributed by atoms with Gasteiger partial charge in [-0.15, -0.1) is 0 Å². The molecule has 1 unspecified atom stereocenters. The van der Waals surface area contributed by atoms with Crippen molar-refractivity contribution in [3.63, 3.8) is 0 Å². The topological polar surface area (TPSA) is 108 Å². The number of amides is 3. The molecule has 3 amide bonds. The van der Waals surface area contributed by atoms with Gasteiger partial charge in [-0.05, 0) is 19.3 Å². The first-order valence-electron chi connectivity index (χ1n) is 7.02. The number of methoxy groups -OCH3 is 1. The van der Waals surface area contributed by atoms with E-state index in [4.69, 9.17) is 4.74 Å². The van der Waals surface area contributed by atoms with Crippen LogP contribution < -0.4 is 10.6 Å². The zero-order chi connectivity index (χ0) is 15.9. The van der Waals surface area contributed by atoms with E-state index in [9.17, 15) is 19.5 Å². The number of aliphatic carboxylic acids is 1. The van der Waals surface area contributed by atoms with E-state index in [-0.39, 0.29) is 12.5 Å². The molecule has 0 bridgehead atoms. The van der Waals surface area contributed by atoms with Gasteiger partial charge in [0, 0.05) is 20.2 Å². The lowest BCUT2D eigenvalue weighted by atomic mass is 9.93. The lowest BCUT2D eigenvalue weighted by molar-refractivity contribution is -0.148. The van der Waals surface area contributed by atoms with Gasteiger partial charge in [0.25, 0.3) is 0 Å². The quantitative estimate of drug-likeness (QED) is 0.564. The number of nitrogens with zero attached hydrogens (tertiary/aromatic N) is 1. The second-order valence-electron chi connectivity index (χ2n) is 4.95. The third-order valence-corrected chi connectivity index (χ3v) is 3.75. The average molecular weight is 301 g/mol. The van der Waals surface area contributed by atoms with Crippen LogP contribution in [0.3, 0.4) is 0 Å². The minimum atomic E-state index is -1.16. The van der Waals surface area contributed by atoms with Crippen molar-refractivity contribution in [3.8, 4) is 0 Å². The van der Waals surface area contributed by atoms with Crippen molar-refractivity contribution in [2.45, 2.75) is 31.7 Å². The van der Waals surface area contributed by atoms with Gasteiger partial charge in [0.1, 0.15) is 5.54 Å². The highest BCUT2D eigenvalue weighted by molar-refractivity contribution is 5.89. The molecule has 1 aliphatic rings. The average Bonchev–Trinajstić information content (AvgIpc) is 2.90. The summed E-state index contributed by atoms with van der Waals surface area (Å²) < 4.78 is 4.79. The summed E-state index contributed by atoms with van der Waals surface area (Å²) in [5.41, 5.74) is -1.16. The molecule has 1 heterocycles. The van der Waals surface area contributed by atoms with Crippen molar-refractivity contribution in [2.24, 2.45) is 0 Å². The van der Waals surface area contributed by atoms with E-state index in [1.165, 1.54) is 12.0 Å². The summed E-state index contributed by atoms with van der Waals surface area (Å²) in [6.07, 6.45) is 1.43. The molecule has 120 valence electrons. The smallest absolute Gasteiger partial charge is 0.329 e. The van der Waals surface area contributed by atoms with E-state index in [1.807, 2.05) is 0 Å². The first kappa shape index (κ1) is 17.2. The number of hydrogen-bond acceptors (Lipinski definition) is 4. The largest absolute Gasteiger partial charge is 0.479 e. The molecule has 8 nitrogen and oxygen atoms in total. The Balaban J connectivity index is 2.51. The Morgan fingerprint density at radius 2 is 2.05 bits per heavy atom. The van der Waals surface area contributed by atoms with Crippen molar-refractivity contribution in [2.75, 3.05) is 33.4 Å². The van der Waals surface area contributed by atoms with Gasteiger partial charge < -0.3 is 25.4 Å². The lowest BCUT2D eigenvalue weighted by Crippen LogP contribution is -2.56. The predicted molar refractivity (Wildman–Crippen MR) is 74.9 cm³/mol. The molecule has 0 aromatic heterocycles. The van der Waals surface area contributed by atoms with Crippen LogP contribution in [0.5, 0.6) is 0 Å². The van der Waals surface area contributed by atoms with Gasteiger partial charge in [0.2, 0.25) is 5.91 Å². The highest BCUT2D eigenvalue weighted by atomic mass is 16.5. The van der Waals surface area contributed by atoms with E-state index in [0.29, 0.717) is 39.0 Å². The molecule has 0 aromatic carbocycles. The molecule has 3 N–H and O–H groups in total. The Morgan fingerprint density at radius 3 is 2.62 bits per heavy atom. The summed E-state index contributed by atoms with van der Waals surface area (Å²) >= 11 is 0. The molecule has 21 heavy (non-hydrogen) atoms. The lowest BCUT2D eigenvalue weighted by Gasteiger charge is -2.33. The number of hydrogen-bond donors (Lipinski definition) is 3. The van der Waals surface area contributed by atoms with E-state index < -0.39 is 17.5 Å². The van der Waals surface area contributed by atoms with Crippen LogP contribution >= 0.6 is 0 Å². The Morgan fingerprint density at radius 1 is 1.33 bits per heavy atom. The summed E-state index contributed by atoms with van der Waals surface area (Å²) in [4.78, 5) is 36.4. The molecule has 1 atom stereocenters. The maximum Gasteiger partial charge on any atom is 0.329 e.